The number of carbonyl (C=O) groups excluding carboxylic acids is 1. The van der Waals surface area contributed by atoms with Crippen LogP contribution in [-0.2, 0) is 16.1 Å². The second-order valence-corrected chi connectivity index (χ2v) is 8.87. The summed E-state index contributed by atoms with van der Waals surface area (Å²) in [5.74, 6) is 0.476. The summed E-state index contributed by atoms with van der Waals surface area (Å²) in [6.07, 6.45) is 1.91. The molecule has 2 atom stereocenters. The highest BCUT2D eigenvalue weighted by Crippen LogP contribution is 2.22. The van der Waals surface area contributed by atoms with Crippen LogP contribution in [0, 0.1) is 5.92 Å². The smallest absolute Gasteiger partial charge is 0.262 e. The lowest BCUT2D eigenvalue weighted by Crippen LogP contribution is -2.37. The molecule has 1 aromatic heterocycles. The third-order valence-corrected chi connectivity index (χ3v) is 6.23. The summed E-state index contributed by atoms with van der Waals surface area (Å²) in [5, 5.41) is 4.54. The van der Waals surface area contributed by atoms with Crippen LogP contribution < -0.4 is 10.9 Å². The van der Waals surface area contributed by atoms with Gasteiger partial charge in [-0.15, -0.1) is 0 Å². The summed E-state index contributed by atoms with van der Waals surface area (Å²) < 4.78 is 7.34. The molecule has 2 heterocycles. The molecule has 2 aromatic rings. The van der Waals surface area contributed by atoms with Crippen molar-refractivity contribution in [3.05, 3.63) is 33.6 Å². The van der Waals surface area contributed by atoms with Gasteiger partial charge in [-0.3, -0.25) is 14.2 Å². The highest BCUT2D eigenvalue weighted by Gasteiger charge is 2.21. The lowest BCUT2D eigenvalue weighted by Gasteiger charge is -2.18. The molecular weight excluding hydrogens is 398 g/mol. The molecule has 0 saturated carbocycles. The Kier molecular flexibility index (Phi) is 7.01. The molecule has 0 spiro atoms. The Balaban J connectivity index is 1.87. The van der Waals surface area contributed by atoms with Crippen molar-refractivity contribution >= 4 is 40.2 Å². The zero-order chi connectivity index (χ0) is 20.3. The number of carbonyl (C=O) groups is 1. The summed E-state index contributed by atoms with van der Waals surface area (Å²) in [4.78, 5) is 30.0. The zero-order valence-electron chi connectivity index (χ0n) is 16.4. The van der Waals surface area contributed by atoms with Crippen molar-refractivity contribution in [1.29, 1.82) is 0 Å². The first-order valence-corrected chi connectivity index (χ1v) is 11.0. The normalized spacial score (nSPS) is 18.0. The topological polar surface area (TPSA) is 73.2 Å². The van der Waals surface area contributed by atoms with E-state index in [2.05, 4.69) is 24.1 Å². The molecule has 1 aromatic carbocycles. The van der Waals surface area contributed by atoms with E-state index in [4.69, 9.17) is 16.3 Å². The minimum Gasteiger partial charge on any atom is -0.376 e. The van der Waals surface area contributed by atoms with Gasteiger partial charge in [0.15, 0.2) is 5.16 Å². The monoisotopic (exact) mass is 423 g/mol. The molecule has 0 aliphatic carbocycles. The van der Waals surface area contributed by atoms with Crippen molar-refractivity contribution in [3.8, 4) is 0 Å². The number of thioether (sulfide) groups is 1. The van der Waals surface area contributed by atoms with Crippen LogP contribution in [0.5, 0.6) is 0 Å². The molecule has 1 aliphatic heterocycles. The molecule has 28 heavy (non-hydrogen) atoms. The van der Waals surface area contributed by atoms with E-state index in [9.17, 15) is 9.59 Å². The van der Waals surface area contributed by atoms with Crippen LogP contribution in [-0.4, -0.2) is 40.0 Å². The Morgan fingerprint density at radius 1 is 1.43 bits per heavy atom. The van der Waals surface area contributed by atoms with Crippen molar-refractivity contribution < 1.29 is 9.53 Å². The van der Waals surface area contributed by atoms with E-state index >= 15 is 0 Å². The Labute approximate surface area is 174 Å². The lowest BCUT2D eigenvalue weighted by molar-refractivity contribution is -0.119. The van der Waals surface area contributed by atoms with E-state index in [1.807, 2.05) is 6.92 Å². The summed E-state index contributed by atoms with van der Waals surface area (Å²) >= 11 is 7.34. The summed E-state index contributed by atoms with van der Waals surface area (Å²) in [6.45, 7) is 7.26. The number of aromatic nitrogens is 2. The van der Waals surface area contributed by atoms with Crippen LogP contribution in [0.2, 0.25) is 5.02 Å². The minimum absolute atomic E-state index is 0.00149. The van der Waals surface area contributed by atoms with Crippen molar-refractivity contribution in [2.45, 2.75) is 57.5 Å². The number of nitrogens with one attached hydrogen (secondary N) is 1. The molecule has 6 nitrogen and oxygen atoms in total. The van der Waals surface area contributed by atoms with E-state index in [0.29, 0.717) is 40.2 Å². The van der Waals surface area contributed by atoms with Crippen molar-refractivity contribution in [2.75, 3.05) is 12.4 Å². The van der Waals surface area contributed by atoms with E-state index in [-0.39, 0.29) is 29.4 Å². The van der Waals surface area contributed by atoms with Gasteiger partial charge < -0.3 is 10.1 Å². The maximum absolute atomic E-state index is 13.1. The van der Waals surface area contributed by atoms with Gasteiger partial charge in [0.25, 0.3) is 5.56 Å². The Morgan fingerprint density at radius 3 is 2.89 bits per heavy atom. The molecule has 152 valence electrons. The molecule has 1 saturated heterocycles. The molecule has 8 heteroatoms. The average molecular weight is 424 g/mol. The Hall–Kier alpha value is -1.57. The summed E-state index contributed by atoms with van der Waals surface area (Å²) in [5.41, 5.74) is 0.412. The Bertz CT molecular complexity index is 909. The maximum atomic E-state index is 13.1. The summed E-state index contributed by atoms with van der Waals surface area (Å²) in [7, 11) is 0. The number of halogens is 1. The van der Waals surface area contributed by atoms with Gasteiger partial charge in [0.2, 0.25) is 5.91 Å². The number of nitrogens with zero attached hydrogens (tertiary/aromatic N) is 2. The number of amides is 1. The van der Waals surface area contributed by atoms with Crippen molar-refractivity contribution in [1.82, 2.24) is 14.9 Å². The van der Waals surface area contributed by atoms with Crippen LogP contribution in [0.1, 0.15) is 33.6 Å². The van der Waals surface area contributed by atoms with Crippen molar-refractivity contribution in [3.63, 3.8) is 0 Å². The van der Waals surface area contributed by atoms with Gasteiger partial charge in [0.05, 0.1) is 29.3 Å². The van der Waals surface area contributed by atoms with E-state index in [1.54, 1.807) is 22.8 Å². The van der Waals surface area contributed by atoms with Gasteiger partial charge in [-0.05, 0) is 43.9 Å². The van der Waals surface area contributed by atoms with Crippen LogP contribution in [0.3, 0.4) is 0 Å². The summed E-state index contributed by atoms with van der Waals surface area (Å²) in [6, 6.07) is 5.16. The van der Waals surface area contributed by atoms with Gasteiger partial charge in [-0.2, -0.15) is 0 Å². The number of hydrogen-bond donors (Lipinski definition) is 1. The molecule has 0 radical (unpaired) electrons. The number of benzene rings is 1. The van der Waals surface area contributed by atoms with Crippen LogP contribution in [0.25, 0.3) is 10.9 Å². The highest BCUT2D eigenvalue weighted by atomic mass is 35.5. The molecule has 1 amide bonds. The maximum Gasteiger partial charge on any atom is 0.262 e. The first-order chi connectivity index (χ1) is 13.3. The van der Waals surface area contributed by atoms with Crippen LogP contribution >= 0.6 is 23.4 Å². The van der Waals surface area contributed by atoms with Gasteiger partial charge in [0.1, 0.15) is 0 Å². The predicted molar refractivity (Wildman–Crippen MR) is 113 cm³/mol. The second-order valence-electron chi connectivity index (χ2n) is 7.50. The average Bonchev–Trinajstić information content (AvgIpc) is 3.15. The molecule has 0 unspecified atom stereocenters. The fourth-order valence-corrected chi connectivity index (χ4v) is 4.02. The minimum atomic E-state index is -0.129. The third kappa shape index (κ3) is 5.07. The van der Waals surface area contributed by atoms with Gasteiger partial charge in [-0.25, -0.2) is 4.98 Å². The first kappa shape index (κ1) is 21.1. The number of ether oxygens (including phenoxy) is 1. The third-order valence-electron chi connectivity index (χ3n) is 5.01. The molecule has 1 N–H and O–H groups in total. The van der Waals surface area contributed by atoms with E-state index in [0.717, 1.165) is 12.8 Å². The van der Waals surface area contributed by atoms with Crippen LogP contribution in [0.15, 0.2) is 28.2 Å². The zero-order valence-corrected chi connectivity index (χ0v) is 18.0. The second kappa shape index (κ2) is 9.29. The highest BCUT2D eigenvalue weighted by molar-refractivity contribution is 7.99. The fraction of sp³-hybridized carbons (Fsp3) is 0.550. The van der Waals surface area contributed by atoms with Gasteiger partial charge in [-0.1, -0.05) is 37.2 Å². The predicted octanol–water partition coefficient (Wildman–Crippen LogP) is 3.48. The molecule has 1 fully saturated rings. The Morgan fingerprint density at radius 2 is 2.21 bits per heavy atom. The molecular formula is C20H26ClN3O3S. The number of rotatable bonds is 7. The molecule has 1 aliphatic rings. The number of fused-ring (bicyclic) bond motifs is 1. The lowest BCUT2D eigenvalue weighted by atomic mass is 10.1. The van der Waals surface area contributed by atoms with E-state index < -0.39 is 0 Å². The largest absolute Gasteiger partial charge is 0.376 e. The van der Waals surface area contributed by atoms with Crippen molar-refractivity contribution in [2.24, 2.45) is 5.92 Å². The fourth-order valence-electron chi connectivity index (χ4n) is 3.03. The molecule has 3 rings (SSSR count). The SMILES string of the molecule is CC(C)[C@@H](C)NC(=O)CSc1nc2cc(Cl)ccc2c(=O)n1C[C@@H]1CCCO1. The number of hydrogen-bond acceptors (Lipinski definition) is 5. The van der Waals surface area contributed by atoms with E-state index in [1.165, 1.54) is 11.8 Å². The van der Waals surface area contributed by atoms with Gasteiger partial charge >= 0.3 is 0 Å². The molecule has 0 bridgehead atoms. The van der Waals surface area contributed by atoms with Gasteiger partial charge in [0, 0.05) is 17.7 Å². The first-order valence-electron chi connectivity index (χ1n) is 9.59. The van der Waals surface area contributed by atoms with Crippen LogP contribution in [0.4, 0.5) is 0 Å². The quantitative estimate of drug-likeness (QED) is 0.545. The standard InChI is InChI=1S/C20H26ClN3O3S/c1-12(2)13(3)22-18(25)11-28-20-23-17-9-14(21)6-7-16(17)19(26)24(20)10-15-5-4-8-27-15/h6-7,9,12-13,15H,4-5,8,10-11H2,1-3H3,(H,22,25)/t13-,15+/m1/s1.